The van der Waals surface area contributed by atoms with Gasteiger partial charge in [-0.25, -0.2) is 13.2 Å². The lowest BCUT2D eigenvalue weighted by Gasteiger charge is -2.17. The summed E-state index contributed by atoms with van der Waals surface area (Å²) in [5.74, 6) is -15.6. The predicted molar refractivity (Wildman–Crippen MR) is 73.5 cm³/mol. The van der Waals surface area contributed by atoms with E-state index in [2.05, 4.69) is 10.1 Å². The van der Waals surface area contributed by atoms with Crippen LogP contribution in [0.1, 0.15) is 26.7 Å². The van der Waals surface area contributed by atoms with E-state index in [1.54, 1.807) is 13.8 Å². The molecule has 1 amide bonds. The Bertz CT molecular complexity index is 619. The number of esters is 1. The quantitative estimate of drug-likeness (QED) is 0.281. The van der Waals surface area contributed by atoms with Crippen LogP contribution in [0, 0.1) is 40.9 Å². The summed E-state index contributed by atoms with van der Waals surface area (Å²) < 4.78 is 70.2. The van der Waals surface area contributed by atoms with Crippen LogP contribution in [0.3, 0.4) is 0 Å². The molecule has 0 radical (unpaired) electrons. The monoisotopic (exact) mass is 353 g/mol. The number of ether oxygens (including phenoxy) is 1. The second kappa shape index (κ2) is 8.07. The molecular weight excluding hydrogens is 337 g/mol. The van der Waals surface area contributed by atoms with Gasteiger partial charge in [-0.2, -0.15) is 8.78 Å². The van der Waals surface area contributed by atoms with Crippen molar-refractivity contribution in [1.29, 1.82) is 0 Å². The van der Waals surface area contributed by atoms with Crippen molar-refractivity contribution in [2.75, 3.05) is 7.05 Å². The molecule has 0 aliphatic rings. The van der Waals surface area contributed by atoms with Gasteiger partial charge in [0.1, 0.15) is 0 Å². The molecule has 0 spiro atoms. The van der Waals surface area contributed by atoms with E-state index in [1.165, 1.54) is 7.05 Å². The zero-order valence-electron chi connectivity index (χ0n) is 13.2. The van der Waals surface area contributed by atoms with E-state index in [1.807, 2.05) is 0 Å². The number of amides is 1. The summed E-state index contributed by atoms with van der Waals surface area (Å²) in [7, 11) is 1.34. The Balaban J connectivity index is 3.01. The van der Waals surface area contributed by atoms with Gasteiger partial charge in [-0.15, -0.1) is 0 Å². The molecule has 1 rings (SSSR count). The number of halogens is 5. The Morgan fingerprint density at radius 3 is 1.83 bits per heavy atom. The lowest BCUT2D eigenvalue weighted by Crippen LogP contribution is -2.31. The minimum Gasteiger partial charge on any atom is -0.420 e. The first-order valence-corrected chi connectivity index (χ1v) is 7.03. The molecule has 1 aromatic rings. The third-order valence-electron chi connectivity index (χ3n) is 3.17. The van der Waals surface area contributed by atoms with E-state index in [4.69, 9.17) is 0 Å². The SMILES string of the molecule is CNC(=O)C(CC(=O)Oc1c(F)c(F)c(F)c(F)c1F)CC(C)C. The van der Waals surface area contributed by atoms with Crippen LogP contribution in [0.5, 0.6) is 5.75 Å². The third kappa shape index (κ3) is 4.42. The van der Waals surface area contributed by atoms with E-state index >= 15 is 0 Å². The molecule has 0 fully saturated rings. The van der Waals surface area contributed by atoms with Crippen LogP contribution in [0.25, 0.3) is 0 Å². The van der Waals surface area contributed by atoms with Crippen molar-refractivity contribution >= 4 is 11.9 Å². The smallest absolute Gasteiger partial charge is 0.312 e. The molecule has 0 aliphatic carbocycles. The van der Waals surface area contributed by atoms with Gasteiger partial charge in [-0.05, 0) is 12.3 Å². The standard InChI is InChI=1S/C15H16F5NO3/c1-6(2)4-7(15(23)21-3)5-8(22)24-14-12(19)10(17)9(16)11(18)13(14)20/h6-7H,4-5H2,1-3H3,(H,21,23). The molecule has 4 nitrogen and oxygen atoms in total. The van der Waals surface area contributed by atoms with Crippen LogP contribution in [-0.4, -0.2) is 18.9 Å². The van der Waals surface area contributed by atoms with E-state index in [0.29, 0.717) is 0 Å². The molecule has 1 atom stereocenters. The molecule has 134 valence electrons. The van der Waals surface area contributed by atoms with Gasteiger partial charge in [0, 0.05) is 13.0 Å². The minimum absolute atomic E-state index is 0.0225. The van der Waals surface area contributed by atoms with Crippen LogP contribution in [0.4, 0.5) is 22.0 Å². The second-order valence-electron chi connectivity index (χ2n) is 5.52. The number of benzene rings is 1. The molecule has 1 unspecified atom stereocenters. The number of hydrogen-bond acceptors (Lipinski definition) is 3. The highest BCUT2D eigenvalue weighted by Gasteiger charge is 2.30. The highest BCUT2D eigenvalue weighted by molar-refractivity contribution is 5.84. The average Bonchev–Trinajstić information content (AvgIpc) is 2.53. The molecule has 0 aliphatic heterocycles. The van der Waals surface area contributed by atoms with Crippen molar-refractivity contribution in [3.63, 3.8) is 0 Å². The second-order valence-corrected chi connectivity index (χ2v) is 5.52. The summed E-state index contributed by atoms with van der Waals surface area (Å²) in [6.07, 6.45) is -0.302. The molecular formula is C15H16F5NO3. The van der Waals surface area contributed by atoms with Crippen LogP contribution >= 0.6 is 0 Å². The summed E-state index contributed by atoms with van der Waals surface area (Å²) in [5, 5.41) is 2.32. The molecule has 9 heteroatoms. The van der Waals surface area contributed by atoms with Gasteiger partial charge >= 0.3 is 5.97 Å². The van der Waals surface area contributed by atoms with Gasteiger partial charge in [0.2, 0.25) is 40.7 Å². The molecule has 0 aromatic heterocycles. The maximum atomic E-state index is 13.5. The van der Waals surface area contributed by atoms with Crippen LogP contribution in [-0.2, 0) is 9.59 Å². The van der Waals surface area contributed by atoms with Gasteiger partial charge in [0.25, 0.3) is 0 Å². The van der Waals surface area contributed by atoms with Gasteiger partial charge in [-0.3, -0.25) is 9.59 Å². The minimum atomic E-state index is -2.35. The van der Waals surface area contributed by atoms with Gasteiger partial charge in [-0.1, -0.05) is 13.8 Å². The molecule has 0 saturated carbocycles. The van der Waals surface area contributed by atoms with Crippen LogP contribution < -0.4 is 10.1 Å². The highest BCUT2D eigenvalue weighted by Crippen LogP contribution is 2.29. The number of hydrogen-bond donors (Lipinski definition) is 1. The molecule has 1 aromatic carbocycles. The molecule has 0 saturated heterocycles. The fourth-order valence-corrected chi connectivity index (χ4v) is 2.09. The Morgan fingerprint density at radius 2 is 1.42 bits per heavy atom. The summed E-state index contributed by atoms with van der Waals surface area (Å²) in [6, 6.07) is 0. The summed E-state index contributed by atoms with van der Waals surface area (Å²) in [4.78, 5) is 23.4. The van der Waals surface area contributed by atoms with Crippen molar-refractivity contribution in [3.05, 3.63) is 29.1 Å². The molecule has 0 heterocycles. The van der Waals surface area contributed by atoms with E-state index in [0.717, 1.165) is 0 Å². The predicted octanol–water partition coefficient (Wildman–Crippen LogP) is 3.09. The lowest BCUT2D eigenvalue weighted by molar-refractivity contribution is -0.139. The largest absolute Gasteiger partial charge is 0.420 e. The average molecular weight is 353 g/mol. The van der Waals surface area contributed by atoms with Crippen LogP contribution in [0.15, 0.2) is 0 Å². The van der Waals surface area contributed by atoms with Gasteiger partial charge in [0.15, 0.2) is 0 Å². The topological polar surface area (TPSA) is 55.4 Å². The van der Waals surface area contributed by atoms with Crippen molar-refractivity contribution < 1.29 is 36.3 Å². The number of carbonyl (C=O) groups is 2. The summed E-state index contributed by atoms with van der Waals surface area (Å²) in [6.45, 7) is 3.57. The van der Waals surface area contributed by atoms with Crippen molar-refractivity contribution in [1.82, 2.24) is 5.32 Å². The number of nitrogens with one attached hydrogen (secondary N) is 1. The fourth-order valence-electron chi connectivity index (χ4n) is 2.09. The normalized spacial score (nSPS) is 12.2. The zero-order valence-corrected chi connectivity index (χ0v) is 13.2. The maximum absolute atomic E-state index is 13.5. The van der Waals surface area contributed by atoms with E-state index < -0.39 is 59.1 Å². The number of rotatable bonds is 6. The molecule has 24 heavy (non-hydrogen) atoms. The molecule has 0 bridgehead atoms. The lowest BCUT2D eigenvalue weighted by atomic mass is 9.93. The van der Waals surface area contributed by atoms with Crippen molar-refractivity contribution in [2.24, 2.45) is 11.8 Å². The Morgan fingerprint density at radius 1 is 0.958 bits per heavy atom. The van der Waals surface area contributed by atoms with Crippen LogP contribution in [0.2, 0.25) is 0 Å². The third-order valence-corrected chi connectivity index (χ3v) is 3.17. The van der Waals surface area contributed by atoms with E-state index in [-0.39, 0.29) is 12.3 Å². The maximum Gasteiger partial charge on any atom is 0.312 e. The summed E-state index contributed by atoms with van der Waals surface area (Å²) in [5.41, 5.74) is 0. The van der Waals surface area contributed by atoms with Gasteiger partial charge < -0.3 is 10.1 Å². The van der Waals surface area contributed by atoms with Gasteiger partial charge in [0.05, 0.1) is 6.42 Å². The number of carbonyl (C=O) groups excluding carboxylic acids is 2. The first-order valence-electron chi connectivity index (χ1n) is 7.03. The Kier molecular flexibility index (Phi) is 6.68. The highest BCUT2D eigenvalue weighted by atomic mass is 19.2. The fraction of sp³-hybridized carbons (Fsp3) is 0.467. The Labute approximate surface area is 135 Å². The van der Waals surface area contributed by atoms with Crippen molar-refractivity contribution in [2.45, 2.75) is 26.7 Å². The van der Waals surface area contributed by atoms with Crippen molar-refractivity contribution in [3.8, 4) is 5.75 Å². The first-order chi connectivity index (χ1) is 11.1. The molecule has 1 N–H and O–H groups in total. The van der Waals surface area contributed by atoms with E-state index in [9.17, 15) is 31.5 Å². The zero-order chi connectivity index (χ0) is 18.6. The summed E-state index contributed by atoms with van der Waals surface area (Å²) >= 11 is 0. The Hall–Kier alpha value is -2.19. The first kappa shape index (κ1) is 19.9.